The number of carbonyl (C=O) groups is 2. The van der Waals surface area contributed by atoms with Crippen molar-refractivity contribution in [3.63, 3.8) is 0 Å². The van der Waals surface area contributed by atoms with Crippen LogP contribution in [0.3, 0.4) is 0 Å². The van der Waals surface area contributed by atoms with Crippen LogP contribution < -0.4 is 0 Å². The highest BCUT2D eigenvalue weighted by Gasteiger charge is 2.49. The van der Waals surface area contributed by atoms with Crippen LogP contribution in [0.5, 0.6) is 0 Å². The number of hydrogen-bond acceptors (Lipinski definition) is 7. The number of ether oxygens (including phenoxy) is 4. The third-order valence-electron chi connectivity index (χ3n) is 5.51. The second-order valence-electron chi connectivity index (χ2n) is 7.97. The summed E-state index contributed by atoms with van der Waals surface area (Å²) < 4.78 is 23.0. The average Bonchev–Trinajstić information content (AvgIpc) is 2.88. The van der Waals surface area contributed by atoms with Crippen molar-refractivity contribution in [3.05, 3.63) is 108 Å². The summed E-state index contributed by atoms with van der Waals surface area (Å²) in [6.07, 6.45) is -5.45. The molecule has 176 valence electrons. The van der Waals surface area contributed by atoms with Crippen LogP contribution in [0.2, 0.25) is 0 Å². The highest BCUT2D eigenvalue weighted by Crippen LogP contribution is 2.28. The van der Waals surface area contributed by atoms with E-state index in [-0.39, 0.29) is 6.61 Å². The van der Waals surface area contributed by atoms with E-state index in [1.54, 1.807) is 67.6 Å². The van der Waals surface area contributed by atoms with E-state index in [9.17, 15) is 14.7 Å². The largest absolute Gasteiger partial charge is 0.452 e. The number of rotatable bonds is 7. The maximum absolute atomic E-state index is 12.8. The Morgan fingerprint density at radius 1 is 0.765 bits per heavy atom. The average molecular weight is 462 g/mol. The van der Waals surface area contributed by atoms with Crippen molar-refractivity contribution in [2.45, 2.75) is 44.2 Å². The Labute approximate surface area is 197 Å². The summed E-state index contributed by atoms with van der Waals surface area (Å²) in [4.78, 5) is 25.5. The molecule has 1 heterocycles. The van der Waals surface area contributed by atoms with Crippen LogP contribution in [0.1, 0.15) is 33.2 Å². The molecule has 1 N–H and O–H groups in total. The van der Waals surface area contributed by atoms with Crippen molar-refractivity contribution in [2.24, 2.45) is 0 Å². The third kappa shape index (κ3) is 5.69. The van der Waals surface area contributed by atoms with Crippen molar-refractivity contribution in [3.8, 4) is 0 Å². The topological polar surface area (TPSA) is 91.3 Å². The standard InChI is InChI=1S/C27H26O7/c1-18-23(33-25(29)20-13-7-3-8-14-20)24(34-26(30)21-15-9-4-10-16-21)22(28)27(32-18)31-17-19-11-5-2-6-12-19/h2-16,18,22-24,27-28H,17H2,1H3/t18?,22?,23-,24?,27-/m1/s1. The number of hydrogen-bond donors (Lipinski definition) is 1. The number of esters is 2. The van der Waals surface area contributed by atoms with Gasteiger partial charge in [-0.1, -0.05) is 66.7 Å². The summed E-state index contributed by atoms with van der Waals surface area (Å²) in [5, 5.41) is 11.1. The molecule has 5 atom stereocenters. The molecule has 0 spiro atoms. The van der Waals surface area contributed by atoms with E-state index in [4.69, 9.17) is 18.9 Å². The molecule has 0 saturated carbocycles. The van der Waals surface area contributed by atoms with E-state index in [0.29, 0.717) is 11.1 Å². The van der Waals surface area contributed by atoms with Gasteiger partial charge in [0, 0.05) is 0 Å². The van der Waals surface area contributed by atoms with Crippen LogP contribution in [-0.4, -0.2) is 47.8 Å². The maximum atomic E-state index is 12.8. The van der Waals surface area contributed by atoms with E-state index in [2.05, 4.69) is 0 Å². The highest BCUT2D eigenvalue weighted by atomic mass is 16.7. The van der Waals surface area contributed by atoms with E-state index in [0.717, 1.165) is 5.56 Å². The molecule has 1 fully saturated rings. The third-order valence-corrected chi connectivity index (χ3v) is 5.51. The minimum Gasteiger partial charge on any atom is -0.452 e. The Kier molecular flexibility index (Phi) is 7.69. The fourth-order valence-electron chi connectivity index (χ4n) is 3.71. The molecule has 3 aromatic carbocycles. The molecule has 1 saturated heterocycles. The van der Waals surface area contributed by atoms with Gasteiger partial charge in [-0.05, 0) is 36.8 Å². The van der Waals surface area contributed by atoms with Crippen LogP contribution in [0.15, 0.2) is 91.0 Å². The Hall–Kier alpha value is -3.52. The lowest BCUT2D eigenvalue weighted by Crippen LogP contribution is -2.60. The molecule has 0 aliphatic carbocycles. The van der Waals surface area contributed by atoms with Gasteiger partial charge in [0.25, 0.3) is 0 Å². The smallest absolute Gasteiger partial charge is 0.338 e. The van der Waals surface area contributed by atoms with E-state index < -0.39 is 42.6 Å². The molecule has 3 unspecified atom stereocenters. The first-order chi connectivity index (χ1) is 16.5. The number of carbonyl (C=O) groups excluding carboxylic acids is 2. The van der Waals surface area contributed by atoms with Crippen molar-refractivity contribution >= 4 is 11.9 Å². The summed E-state index contributed by atoms with van der Waals surface area (Å²) in [6, 6.07) is 26.3. The van der Waals surface area contributed by atoms with Crippen LogP contribution in [0.4, 0.5) is 0 Å². The van der Waals surface area contributed by atoms with Crippen LogP contribution >= 0.6 is 0 Å². The lowest BCUT2D eigenvalue weighted by Gasteiger charge is -2.42. The monoisotopic (exact) mass is 462 g/mol. The number of aliphatic hydroxyl groups excluding tert-OH is 1. The Morgan fingerprint density at radius 3 is 1.76 bits per heavy atom. The van der Waals surface area contributed by atoms with Crippen molar-refractivity contribution in [1.82, 2.24) is 0 Å². The number of aliphatic hydroxyl groups is 1. The van der Waals surface area contributed by atoms with Gasteiger partial charge < -0.3 is 24.1 Å². The molecule has 0 radical (unpaired) electrons. The van der Waals surface area contributed by atoms with Crippen LogP contribution in [0.25, 0.3) is 0 Å². The summed E-state index contributed by atoms with van der Waals surface area (Å²) >= 11 is 0. The van der Waals surface area contributed by atoms with Crippen LogP contribution in [-0.2, 0) is 25.6 Å². The van der Waals surface area contributed by atoms with E-state index >= 15 is 0 Å². The number of benzene rings is 3. The summed E-state index contributed by atoms with van der Waals surface area (Å²) in [6.45, 7) is 1.86. The van der Waals surface area contributed by atoms with E-state index in [1.807, 2.05) is 30.3 Å². The zero-order valence-corrected chi connectivity index (χ0v) is 18.7. The Morgan fingerprint density at radius 2 is 1.24 bits per heavy atom. The summed E-state index contributed by atoms with van der Waals surface area (Å²) in [7, 11) is 0. The SMILES string of the molecule is CC1O[C@@H](OCc2ccccc2)C(O)C(OC(=O)c2ccccc2)[C@@H]1OC(=O)c1ccccc1. The van der Waals surface area contributed by atoms with Gasteiger partial charge in [-0.25, -0.2) is 9.59 Å². The molecule has 0 aromatic heterocycles. The molecule has 3 aromatic rings. The fourth-order valence-corrected chi connectivity index (χ4v) is 3.71. The summed E-state index contributed by atoms with van der Waals surface area (Å²) in [5.41, 5.74) is 1.53. The summed E-state index contributed by atoms with van der Waals surface area (Å²) in [5.74, 6) is -1.26. The molecule has 1 aliphatic rings. The lowest BCUT2D eigenvalue weighted by molar-refractivity contribution is -0.294. The first kappa shape index (κ1) is 23.6. The zero-order chi connectivity index (χ0) is 23.9. The van der Waals surface area contributed by atoms with Crippen molar-refractivity contribution in [1.29, 1.82) is 0 Å². The predicted molar refractivity (Wildman–Crippen MR) is 123 cm³/mol. The lowest BCUT2D eigenvalue weighted by atomic mass is 9.99. The molecular weight excluding hydrogens is 436 g/mol. The second kappa shape index (κ2) is 11.1. The van der Waals surface area contributed by atoms with E-state index in [1.165, 1.54) is 0 Å². The molecular formula is C27H26O7. The van der Waals surface area contributed by atoms with Crippen molar-refractivity contribution < 1.29 is 33.6 Å². The zero-order valence-electron chi connectivity index (χ0n) is 18.7. The van der Waals surface area contributed by atoms with Gasteiger partial charge in [0.2, 0.25) is 0 Å². The van der Waals surface area contributed by atoms with Gasteiger partial charge in [-0.15, -0.1) is 0 Å². The van der Waals surface area contributed by atoms with Gasteiger partial charge in [0.05, 0.1) is 23.8 Å². The molecule has 1 aliphatic heterocycles. The maximum Gasteiger partial charge on any atom is 0.338 e. The van der Waals surface area contributed by atoms with Gasteiger partial charge in [0.15, 0.2) is 18.5 Å². The minimum absolute atomic E-state index is 0.184. The minimum atomic E-state index is -1.39. The van der Waals surface area contributed by atoms with Crippen LogP contribution in [0, 0.1) is 0 Å². The highest BCUT2D eigenvalue weighted by molar-refractivity contribution is 5.90. The Balaban J connectivity index is 1.53. The molecule has 7 heteroatoms. The second-order valence-corrected chi connectivity index (χ2v) is 7.97. The van der Waals surface area contributed by atoms with Gasteiger partial charge in [-0.3, -0.25) is 0 Å². The van der Waals surface area contributed by atoms with Gasteiger partial charge in [-0.2, -0.15) is 0 Å². The molecule has 0 bridgehead atoms. The first-order valence-electron chi connectivity index (χ1n) is 11.0. The van der Waals surface area contributed by atoms with Crippen molar-refractivity contribution in [2.75, 3.05) is 0 Å². The predicted octanol–water partition coefficient (Wildman–Crippen LogP) is 3.76. The molecule has 0 amide bonds. The normalized spacial score (nSPS) is 24.2. The fraction of sp³-hybridized carbons (Fsp3) is 0.259. The quantitative estimate of drug-likeness (QED) is 0.535. The Bertz CT molecular complexity index is 1070. The first-order valence-corrected chi connectivity index (χ1v) is 11.0. The molecule has 34 heavy (non-hydrogen) atoms. The molecule has 4 rings (SSSR count). The van der Waals surface area contributed by atoms with Gasteiger partial charge >= 0.3 is 11.9 Å². The molecule has 7 nitrogen and oxygen atoms in total. The van der Waals surface area contributed by atoms with Gasteiger partial charge in [0.1, 0.15) is 6.10 Å².